The molecule has 2 atom stereocenters. The average molecular weight is 317 g/mol. The van der Waals surface area contributed by atoms with E-state index < -0.39 is 29.7 Å². The second-order valence-corrected chi connectivity index (χ2v) is 5.14. The van der Waals surface area contributed by atoms with Crippen LogP contribution in [0.1, 0.15) is 31.4 Å². The standard InChI is InChI=1S/C15H18F3NO3/c1-3-9(2)13(14(21)22)19-12(20)8-10-5-4-6-11(7-10)15(16,17)18/h4-7,9,13H,3,8H2,1-2H3,(H,19,20)(H,21,22)/t9-,13-/m0/s1. The number of carbonyl (C=O) groups is 2. The molecular formula is C15H18F3NO3. The van der Waals surface area contributed by atoms with E-state index in [1.54, 1.807) is 13.8 Å². The minimum Gasteiger partial charge on any atom is -0.480 e. The number of carboxylic acids is 1. The van der Waals surface area contributed by atoms with Crippen LogP contribution < -0.4 is 5.32 Å². The zero-order chi connectivity index (χ0) is 16.9. The van der Waals surface area contributed by atoms with Crippen LogP contribution in [-0.4, -0.2) is 23.0 Å². The predicted molar refractivity (Wildman–Crippen MR) is 74.2 cm³/mol. The Morgan fingerprint density at radius 2 is 1.95 bits per heavy atom. The number of nitrogens with one attached hydrogen (secondary N) is 1. The fraction of sp³-hybridized carbons (Fsp3) is 0.467. The molecule has 22 heavy (non-hydrogen) atoms. The molecule has 7 heteroatoms. The third-order valence-electron chi connectivity index (χ3n) is 3.41. The molecule has 0 unspecified atom stereocenters. The summed E-state index contributed by atoms with van der Waals surface area (Å²) in [5, 5.41) is 11.4. The van der Waals surface area contributed by atoms with Gasteiger partial charge >= 0.3 is 12.1 Å². The quantitative estimate of drug-likeness (QED) is 0.848. The number of aliphatic carboxylic acids is 1. The molecule has 0 aliphatic heterocycles. The van der Waals surface area contributed by atoms with Crippen molar-refractivity contribution < 1.29 is 27.9 Å². The zero-order valence-electron chi connectivity index (χ0n) is 12.3. The van der Waals surface area contributed by atoms with Crippen molar-refractivity contribution in [1.82, 2.24) is 5.32 Å². The van der Waals surface area contributed by atoms with Gasteiger partial charge in [-0.05, 0) is 17.5 Å². The molecule has 0 spiro atoms. The Morgan fingerprint density at radius 3 is 2.45 bits per heavy atom. The van der Waals surface area contributed by atoms with E-state index >= 15 is 0 Å². The van der Waals surface area contributed by atoms with Crippen LogP contribution in [0.3, 0.4) is 0 Å². The van der Waals surface area contributed by atoms with E-state index in [4.69, 9.17) is 5.11 Å². The van der Waals surface area contributed by atoms with E-state index in [1.165, 1.54) is 12.1 Å². The first-order chi connectivity index (χ1) is 10.1. The summed E-state index contributed by atoms with van der Waals surface area (Å²) < 4.78 is 37.8. The Hall–Kier alpha value is -2.05. The topological polar surface area (TPSA) is 66.4 Å². The van der Waals surface area contributed by atoms with Crippen molar-refractivity contribution in [1.29, 1.82) is 0 Å². The highest BCUT2D eigenvalue weighted by molar-refractivity contribution is 5.85. The minimum absolute atomic E-state index is 0.181. The van der Waals surface area contributed by atoms with E-state index in [-0.39, 0.29) is 17.9 Å². The highest BCUT2D eigenvalue weighted by atomic mass is 19.4. The van der Waals surface area contributed by atoms with Crippen LogP contribution in [0, 0.1) is 5.92 Å². The van der Waals surface area contributed by atoms with Gasteiger partial charge in [-0.25, -0.2) is 4.79 Å². The van der Waals surface area contributed by atoms with E-state index in [0.717, 1.165) is 12.1 Å². The van der Waals surface area contributed by atoms with Gasteiger partial charge in [0.2, 0.25) is 5.91 Å². The maximum atomic E-state index is 12.6. The lowest BCUT2D eigenvalue weighted by Crippen LogP contribution is -2.45. The summed E-state index contributed by atoms with van der Waals surface area (Å²) in [6.45, 7) is 3.48. The Kier molecular flexibility index (Phi) is 5.96. The summed E-state index contributed by atoms with van der Waals surface area (Å²) in [5.41, 5.74) is -0.657. The first-order valence-corrected chi connectivity index (χ1v) is 6.83. The molecule has 0 saturated heterocycles. The Morgan fingerprint density at radius 1 is 1.32 bits per heavy atom. The van der Waals surface area contributed by atoms with Crippen molar-refractivity contribution in [2.45, 2.75) is 38.9 Å². The van der Waals surface area contributed by atoms with Crippen molar-refractivity contribution in [3.8, 4) is 0 Å². The van der Waals surface area contributed by atoms with Gasteiger partial charge in [0.1, 0.15) is 6.04 Å². The van der Waals surface area contributed by atoms with Crippen molar-refractivity contribution in [2.24, 2.45) is 5.92 Å². The molecule has 1 rings (SSSR count). The second-order valence-electron chi connectivity index (χ2n) is 5.14. The number of rotatable bonds is 6. The lowest BCUT2D eigenvalue weighted by atomic mass is 9.99. The molecule has 0 saturated carbocycles. The van der Waals surface area contributed by atoms with Crippen molar-refractivity contribution in [2.75, 3.05) is 0 Å². The normalized spacial score (nSPS) is 14.2. The Balaban J connectivity index is 2.78. The monoisotopic (exact) mass is 317 g/mol. The first-order valence-electron chi connectivity index (χ1n) is 6.83. The smallest absolute Gasteiger partial charge is 0.416 e. The number of hydrogen-bond acceptors (Lipinski definition) is 2. The number of carbonyl (C=O) groups excluding carboxylic acids is 1. The summed E-state index contributed by atoms with van der Waals surface area (Å²) in [4.78, 5) is 23.0. The Bertz CT molecular complexity index is 543. The predicted octanol–water partition coefficient (Wildman–Crippen LogP) is 2.86. The lowest BCUT2D eigenvalue weighted by Gasteiger charge is -2.20. The van der Waals surface area contributed by atoms with Crippen LogP contribution in [-0.2, 0) is 22.2 Å². The molecule has 0 aromatic heterocycles. The van der Waals surface area contributed by atoms with Crippen LogP contribution in [0.25, 0.3) is 0 Å². The number of halogens is 3. The second kappa shape index (κ2) is 7.29. The van der Waals surface area contributed by atoms with Gasteiger partial charge in [-0.2, -0.15) is 13.2 Å². The van der Waals surface area contributed by atoms with Crippen LogP contribution in [0.5, 0.6) is 0 Å². The first kappa shape index (κ1) is 18.0. The number of alkyl halides is 3. The van der Waals surface area contributed by atoms with Crippen LogP contribution >= 0.6 is 0 Å². The van der Waals surface area contributed by atoms with Gasteiger partial charge in [-0.15, -0.1) is 0 Å². The average Bonchev–Trinajstić information content (AvgIpc) is 2.43. The summed E-state index contributed by atoms with van der Waals surface area (Å²) in [7, 11) is 0. The van der Waals surface area contributed by atoms with Gasteiger partial charge in [0.25, 0.3) is 0 Å². The van der Waals surface area contributed by atoms with Crippen LogP contribution in [0.15, 0.2) is 24.3 Å². The molecule has 0 aliphatic rings. The molecule has 2 N–H and O–H groups in total. The number of hydrogen-bond donors (Lipinski definition) is 2. The fourth-order valence-corrected chi connectivity index (χ4v) is 1.95. The van der Waals surface area contributed by atoms with E-state index in [9.17, 15) is 22.8 Å². The molecule has 4 nitrogen and oxygen atoms in total. The van der Waals surface area contributed by atoms with Crippen LogP contribution in [0.4, 0.5) is 13.2 Å². The van der Waals surface area contributed by atoms with Gasteiger partial charge in [0, 0.05) is 0 Å². The van der Waals surface area contributed by atoms with Crippen molar-refractivity contribution >= 4 is 11.9 Å². The minimum atomic E-state index is -4.48. The molecule has 122 valence electrons. The maximum Gasteiger partial charge on any atom is 0.416 e. The highest BCUT2D eigenvalue weighted by Gasteiger charge is 2.30. The number of carboxylic acid groups (broad SMARTS) is 1. The number of benzene rings is 1. The van der Waals surface area contributed by atoms with Crippen LogP contribution in [0.2, 0.25) is 0 Å². The Labute approximate surface area is 126 Å². The van der Waals surface area contributed by atoms with Gasteiger partial charge in [0.15, 0.2) is 0 Å². The lowest BCUT2D eigenvalue weighted by molar-refractivity contribution is -0.143. The molecular weight excluding hydrogens is 299 g/mol. The van der Waals surface area contributed by atoms with E-state index in [2.05, 4.69) is 5.32 Å². The van der Waals surface area contributed by atoms with Gasteiger partial charge in [0.05, 0.1) is 12.0 Å². The SMILES string of the molecule is CC[C@H](C)[C@H](NC(=O)Cc1cccc(C(F)(F)F)c1)C(=O)O. The molecule has 1 aromatic rings. The molecule has 1 amide bonds. The molecule has 0 bridgehead atoms. The summed E-state index contributed by atoms with van der Waals surface area (Å²) in [6.07, 6.45) is -4.22. The molecule has 1 aromatic carbocycles. The van der Waals surface area contributed by atoms with Crippen molar-refractivity contribution in [3.63, 3.8) is 0 Å². The maximum absolute atomic E-state index is 12.6. The van der Waals surface area contributed by atoms with E-state index in [1.807, 2.05) is 0 Å². The third kappa shape index (κ3) is 5.05. The van der Waals surface area contributed by atoms with Gasteiger partial charge in [-0.3, -0.25) is 4.79 Å². The number of amides is 1. The van der Waals surface area contributed by atoms with Gasteiger partial charge in [-0.1, -0.05) is 38.5 Å². The fourth-order valence-electron chi connectivity index (χ4n) is 1.95. The third-order valence-corrected chi connectivity index (χ3v) is 3.41. The largest absolute Gasteiger partial charge is 0.480 e. The molecule has 0 aliphatic carbocycles. The highest BCUT2D eigenvalue weighted by Crippen LogP contribution is 2.29. The molecule has 0 heterocycles. The molecule has 0 radical (unpaired) electrons. The molecule has 0 fully saturated rings. The summed E-state index contributed by atoms with van der Waals surface area (Å²) >= 11 is 0. The van der Waals surface area contributed by atoms with Gasteiger partial charge < -0.3 is 10.4 Å². The van der Waals surface area contributed by atoms with E-state index in [0.29, 0.717) is 6.42 Å². The summed E-state index contributed by atoms with van der Waals surface area (Å²) in [5.74, 6) is -2.05. The summed E-state index contributed by atoms with van der Waals surface area (Å²) in [6, 6.07) is 3.37. The van der Waals surface area contributed by atoms with Crippen molar-refractivity contribution in [3.05, 3.63) is 35.4 Å². The zero-order valence-corrected chi connectivity index (χ0v) is 12.3.